The van der Waals surface area contributed by atoms with Crippen LogP contribution in [0.4, 0.5) is 0 Å². The molecule has 3 rings (SSSR count). The SMILES string of the molecule is CO[C@]12C=C[C@@H](OCc3ccccc3)[C@H](CCCCO)[C@H]1NCC2. The molecule has 1 aromatic rings. The molecule has 132 valence electrons. The summed E-state index contributed by atoms with van der Waals surface area (Å²) in [5.74, 6) is 0.368. The highest BCUT2D eigenvalue weighted by molar-refractivity contribution is 5.22. The standard InChI is InChI=1S/C20H29NO3/c1-23-20-11-10-18(24-15-16-7-3-2-4-8-16)17(9-5-6-14-22)19(20)21-13-12-20/h2-4,7-8,10-11,17-19,21-22H,5-6,9,12-15H2,1H3/t17-,18+,19+,20-/m0/s1. The van der Waals surface area contributed by atoms with E-state index in [1.54, 1.807) is 7.11 Å². The number of aliphatic hydroxyl groups is 1. The van der Waals surface area contributed by atoms with Crippen molar-refractivity contribution in [3.63, 3.8) is 0 Å². The summed E-state index contributed by atoms with van der Waals surface area (Å²) < 4.78 is 12.2. The second-order valence-corrected chi connectivity index (χ2v) is 6.84. The minimum atomic E-state index is -0.198. The van der Waals surface area contributed by atoms with Gasteiger partial charge in [0.1, 0.15) is 5.60 Å². The number of hydrogen-bond donors (Lipinski definition) is 2. The van der Waals surface area contributed by atoms with Crippen molar-refractivity contribution in [3.05, 3.63) is 48.0 Å². The zero-order chi connectivity index (χ0) is 16.8. The lowest BCUT2D eigenvalue weighted by Gasteiger charge is -2.43. The Morgan fingerprint density at radius 1 is 1.25 bits per heavy atom. The minimum Gasteiger partial charge on any atom is -0.396 e. The first-order valence-corrected chi connectivity index (χ1v) is 9.03. The Labute approximate surface area is 144 Å². The van der Waals surface area contributed by atoms with E-state index in [1.807, 2.05) is 18.2 Å². The molecule has 0 amide bonds. The second kappa shape index (κ2) is 8.26. The molecule has 0 spiro atoms. The fourth-order valence-corrected chi connectivity index (χ4v) is 4.11. The van der Waals surface area contributed by atoms with E-state index >= 15 is 0 Å². The van der Waals surface area contributed by atoms with E-state index in [0.29, 0.717) is 12.5 Å². The predicted molar refractivity (Wildman–Crippen MR) is 94.7 cm³/mol. The number of aliphatic hydroxyl groups excluding tert-OH is 1. The molecule has 1 fully saturated rings. The largest absolute Gasteiger partial charge is 0.396 e. The van der Waals surface area contributed by atoms with Gasteiger partial charge in [0.2, 0.25) is 0 Å². The molecule has 0 bridgehead atoms. The van der Waals surface area contributed by atoms with Gasteiger partial charge in [0, 0.05) is 25.7 Å². The molecule has 0 radical (unpaired) electrons. The molecule has 1 saturated heterocycles. The zero-order valence-electron chi connectivity index (χ0n) is 14.5. The Kier molecular flexibility index (Phi) is 6.06. The molecule has 1 aromatic carbocycles. The van der Waals surface area contributed by atoms with Gasteiger partial charge >= 0.3 is 0 Å². The van der Waals surface area contributed by atoms with Gasteiger partial charge in [-0.3, -0.25) is 0 Å². The number of methoxy groups -OCH3 is 1. The normalized spacial score (nSPS) is 32.0. The van der Waals surface area contributed by atoms with Crippen molar-refractivity contribution in [1.29, 1.82) is 0 Å². The van der Waals surface area contributed by atoms with Crippen LogP contribution in [0, 0.1) is 5.92 Å². The molecular formula is C20H29NO3. The van der Waals surface area contributed by atoms with Crippen LogP contribution >= 0.6 is 0 Å². The molecule has 1 heterocycles. The minimum absolute atomic E-state index is 0.0859. The molecule has 1 aliphatic heterocycles. The number of fused-ring (bicyclic) bond motifs is 1. The summed E-state index contributed by atoms with van der Waals surface area (Å²) in [4.78, 5) is 0. The molecule has 1 aliphatic carbocycles. The van der Waals surface area contributed by atoms with E-state index in [0.717, 1.165) is 32.2 Å². The van der Waals surface area contributed by atoms with Gasteiger partial charge in [0.05, 0.1) is 12.7 Å². The smallest absolute Gasteiger partial charge is 0.103 e. The highest BCUT2D eigenvalue weighted by Crippen LogP contribution is 2.40. The quantitative estimate of drug-likeness (QED) is 0.568. The molecule has 0 aromatic heterocycles. The molecular weight excluding hydrogens is 302 g/mol. The van der Waals surface area contributed by atoms with Crippen molar-refractivity contribution in [2.45, 2.75) is 50.0 Å². The molecule has 4 atom stereocenters. The average molecular weight is 331 g/mol. The third-order valence-corrected chi connectivity index (χ3v) is 5.44. The first kappa shape index (κ1) is 17.6. The lowest BCUT2D eigenvalue weighted by atomic mass is 9.75. The lowest BCUT2D eigenvalue weighted by molar-refractivity contribution is -0.0512. The maximum Gasteiger partial charge on any atom is 0.103 e. The number of hydrogen-bond acceptors (Lipinski definition) is 4. The summed E-state index contributed by atoms with van der Waals surface area (Å²) >= 11 is 0. The number of ether oxygens (including phenoxy) is 2. The van der Waals surface area contributed by atoms with Crippen molar-refractivity contribution in [3.8, 4) is 0 Å². The van der Waals surface area contributed by atoms with Gasteiger partial charge in [-0.25, -0.2) is 0 Å². The molecule has 2 N–H and O–H groups in total. The van der Waals surface area contributed by atoms with Crippen LogP contribution in [0.1, 0.15) is 31.2 Å². The molecule has 4 nitrogen and oxygen atoms in total. The highest BCUT2D eigenvalue weighted by atomic mass is 16.5. The van der Waals surface area contributed by atoms with E-state index in [9.17, 15) is 0 Å². The molecule has 24 heavy (non-hydrogen) atoms. The van der Waals surface area contributed by atoms with E-state index < -0.39 is 0 Å². The summed E-state index contributed by atoms with van der Waals surface area (Å²) in [6.07, 6.45) is 8.38. The van der Waals surface area contributed by atoms with E-state index in [-0.39, 0.29) is 24.4 Å². The van der Waals surface area contributed by atoms with Crippen LogP contribution in [-0.4, -0.2) is 43.1 Å². The van der Waals surface area contributed by atoms with Crippen molar-refractivity contribution in [2.75, 3.05) is 20.3 Å². The van der Waals surface area contributed by atoms with Gasteiger partial charge in [-0.05, 0) is 31.4 Å². The topological polar surface area (TPSA) is 50.7 Å². The van der Waals surface area contributed by atoms with Gasteiger partial charge < -0.3 is 19.9 Å². The van der Waals surface area contributed by atoms with Crippen LogP contribution in [0.15, 0.2) is 42.5 Å². The average Bonchev–Trinajstić information content (AvgIpc) is 3.06. The van der Waals surface area contributed by atoms with E-state index in [1.165, 1.54) is 5.56 Å². The summed E-state index contributed by atoms with van der Waals surface area (Å²) in [6.45, 7) is 1.86. The first-order valence-electron chi connectivity index (χ1n) is 9.03. The highest BCUT2D eigenvalue weighted by Gasteiger charge is 2.49. The van der Waals surface area contributed by atoms with E-state index in [2.05, 4.69) is 29.6 Å². The van der Waals surface area contributed by atoms with Crippen molar-refractivity contribution >= 4 is 0 Å². The molecule has 2 aliphatic rings. The van der Waals surface area contributed by atoms with Crippen LogP contribution < -0.4 is 5.32 Å². The van der Waals surface area contributed by atoms with Gasteiger partial charge in [-0.15, -0.1) is 0 Å². The maximum absolute atomic E-state index is 9.11. The number of nitrogens with one attached hydrogen (secondary N) is 1. The Morgan fingerprint density at radius 3 is 2.83 bits per heavy atom. The summed E-state index contributed by atoms with van der Waals surface area (Å²) in [5.41, 5.74) is 0.999. The Bertz CT molecular complexity index is 533. The number of unbranched alkanes of at least 4 members (excludes halogenated alkanes) is 1. The Hall–Kier alpha value is -1.20. The van der Waals surface area contributed by atoms with Gasteiger partial charge in [-0.1, -0.05) is 48.9 Å². The first-order chi connectivity index (χ1) is 11.8. The summed E-state index contributed by atoms with van der Waals surface area (Å²) in [6, 6.07) is 10.6. The fraction of sp³-hybridized carbons (Fsp3) is 0.600. The predicted octanol–water partition coefficient (Wildman–Crippen LogP) is 2.67. The molecule has 4 heteroatoms. The van der Waals surface area contributed by atoms with Crippen LogP contribution in [0.5, 0.6) is 0 Å². The van der Waals surface area contributed by atoms with Gasteiger partial charge in [-0.2, -0.15) is 0 Å². The van der Waals surface area contributed by atoms with Crippen LogP contribution in [0.2, 0.25) is 0 Å². The van der Waals surface area contributed by atoms with Crippen molar-refractivity contribution in [2.24, 2.45) is 5.92 Å². The van der Waals surface area contributed by atoms with Crippen molar-refractivity contribution < 1.29 is 14.6 Å². The third-order valence-electron chi connectivity index (χ3n) is 5.44. The molecule has 0 saturated carbocycles. The summed E-state index contributed by atoms with van der Waals surface area (Å²) in [5, 5.41) is 12.7. The van der Waals surface area contributed by atoms with Crippen LogP contribution in [0.3, 0.4) is 0 Å². The lowest BCUT2D eigenvalue weighted by Crippen LogP contribution is -2.54. The monoisotopic (exact) mass is 331 g/mol. The second-order valence-electron chi connectivity index (χ2n) is 6.84. The van der Waals surface area contributed by atoms with E-state index in [4.69, 9.17) is 14.6 Å². The molecule has 0 unspecified atom stereocenters. The Morgan fingerprint density at radius 2 is 2.08 bits per heavy atom. The van der Waals surface area contributed by atoms with Gasteiger partial charge in [0.25, 0.3) is 0 Å². The zero-order valence-corrected chi connectivity index (χ0v) is 14.5. The third kappa shape index (κ3) is 3.72. The van der Waals surface area contributed by atoms with Crippen LogP contribution in [0.25, 0.3) is 0 Å². The van der Waals surface area contributed by atoms with Crippen molar-refractivity contribution in [1.82, 2.24) is 5.32 Å². The van der Waals surface area contributed by atoms with Gasteiger partial charge in [0.15, 0.2) is 0 Å². The number of benzene rings is 1. The number of rotatable bonds is 8. The van der Waals surface area contributed by atoms with Crippen LogP contribution in [-0.2, 0) is 16.1 Å². The fourth-order valence-electron chi connectivity index (χ4n) is 4.11. The maximum atomic E-state index is 9.11. The summed E-state index contributed by atoms with van der Waals surface area (Å²) in [7, 11) is 1.81. The Balaban J connectivity index is 1.71.